The molecular weight excluding hydrogens is 348 g/mol. The number of carbonyl (C=O) groups is 1. The number of ether oxygens (including phenoxy) is 2. The zero-order valence-electron chi connectivity index (χ0n) is 15.2. The predicted octanol–water partition coefficient (Wildman–Crippen LogP) is 3.42. The molecule has 0 spiro atoms. The average Bonchev–Trinajstić information content (AvgIpc) is 2.69. The van der Waals surface area contributed by atoms with E-state index in [1.54, 1.807) is 0 Å². The van der Waals surface area contributed by atoms with Gasteiger partial charge in [0, 0.05) is 19.2 Å². The number of rotatable bonds is 6. The third-order valence-electron chi connectivity index (χ3n) is 4.66. The lowest BCUT2D eigenvalue weighted by Crippen LogP contribution is -2.39. The quantitative estimate of drug-likeness (QED) is 0.335. The molecule has 0 radical (unpaired) electrons. The van der Waals surface area contributed by atoms with Gasteiger partial charge < -0.3 is 9.47 Å². The minimum absolute atomic E-state index is 0.0804. The third kappa shape index (κ3) is 4.83. The fourth-order valence-electron chi connectivity index (χ4n) is 3.28. The molecule has 3 rings (SSSR count). The van der Waals surface area contributed by atoms with E-state index in [-0.39, 0.29) is 23.3 Å². The minimum Gasteiger partial charge on any atom is -0.493 e. The smallest absolute Gasteiger partial charge is 0.315 e. The van der Waals surface area contributed by atoms with Gasteiger partial charge in [-0.15, -0.1) is 0 Å². The molecule has 0 N–H and O–H groups in total. The van der Waals surface area contributed by atoms with Gasteiger partial charge in [0.05, 0.1) is 24.0 Å². The fourth-order valence-corrected chi connectivity index (χ4v) is 3.28. The van der Waals surface area contributed by atoms with E-state index in [1.807, 2.05) is 18.2 Å². The number of methoxy groups -OCH3 is 1. The highest BCUT2D eigenvalue weighted by Gasteiger charge is 2.28. The minimum atomic E-state index is -0.529. The molecule has 1 fully saturated rings. The maximum atomic E-state index is 12.6. The molecule has 1 saturated heterocycles. The largest absolute Gasteiger partial charge is 0.493 e. The highest BCUT2D eigenvalue weighted by Crippen LogP contribution is 2.32. The van der Waals surface area contributed by atoms with E-state index in [2.05, 4.69) is 17.0 Å². The van der Waals surface area contributed by atoms with Crippen molar-refractivity contribution in [2.75, 3.05) is 20.2 Å². The average molecular weight is 370 g/mol. The topological polar surface area (TPSA) is 81.9 Å². The standard InChI is InChI=1S/C20H22N2O5/c1-26-18-10-9-17(22(24)25)12-19(18)27-20(23)16-8-5-11-21(14-16)13-15-6-3-2-4-7-15/h2-4,6-7,9-10,12,16H,5,8,11,13-14H2,1H3. The molecule has 1 unspecified atom stereocenters. The van der Waals surface area contributed by atoms with Crippen molar-refractivity contribution in [3.63, 3.8) is 0 Å². The van der Waals surface area contributed by atoms with Gasteiger partial charge in [0.2, 0.25) is 0 Å². The second kappa shape index (κ2) is 8.64. The van der Waals surface area contributed by atoms with E-state index in [1.165, 1.54) is 30.9 Å². The van der Waals surface area contributed by atoms with Crippen molar-refractivity contribution < 1.29 is 19.2 Å². The van der Waals surface area contributed by atoms with Crippen LogP contribution in [0.5, 0.6) is 11.5 Å². The second-order valence-electron chi connectivity index (χ2n) is 6.57. The van der Waals surface area contributed by atoms with Gasteiger partial charge in [-0.3, -0.25) is 19.8 Å². The summed E-state index contributed by atoms with van der Waals surface area (Å²) in [6, 6.07) is 14.1. The summed E-state index contributed by atoms with van der Waals surface area (Å²) in [4.78, 5) is 25.3. The monoisotopic (exact) mass is 370 g/mol. The summed E-state index contributed by atoms with van der Waals surface area (Å²) in [5.41, 5.74) is 1.06. The molecule has 7 nitrogen and oxygen atoms in total. The Kier molecular flexibility index (Phi) is 6.03. The van der Waals surface area contributed by atoms with Crippen LogP contribution in [0.3, 0.4) is 0 Å². The number of nitro groups is 1. The third-order valence-corrected chi connectivity index (χ3v) is 4.66. The van der Waals surface area contributed by atoms with Crippen molar-refractivity contribution in [2.24, 2.45) is 5.92 Å². The Bertz CT molecular complexity index is 809. The van der Waals surface area contributed by atoms with Crippen LogP contribution in [0, 0.1) is 16.0 Å². The second-order valence-corrected chi connectivity index (χ2v) is 6.57. The zero-order chi connectivity index (χ0) is 19.2. The number of non-ortho nitro benzene ring substituents is 1. The Morgan fingerprint density at radius 3 is 2.70 bits per heavy atom. The van der Waals surface area contributed by atoms with Gasteiger partial charge in [0.1, 0.15) is 0 Å². The van der Waals surface area contributed by atoms with Gasteiger partial charge in [0.25, 0.3) is 5.69 Å². The molecule has 0 aliphatic carbocycles. The molecule has 0 saturated carbocycles. The van der Waals surface area contributed by atoms with Crippen LogP contribution in [0.1, 0.15) is 18.4 Å². The molecular formula is C20H22N2O5. The molecule has 142 valence electrons. The summed E-state index contributed by atoms with van der Waals surface area (Å²) in [6.07, 6.45) is 1.64. The Labute approximate surface area is 157 Å². The van der Waals surface area contributed by atoms with Crippen molar-refractivity contribution in [3.05, 3.63) is 64.2 Å². The molecule has 0 amide bonds. The molecule has 1 aliphatic rings. The van der Waals surface area contributed by atoms with E-state index in [0.717, 1.165) is 25.9 Å². The molecule has 1 atom stereocenters. The predicted molar refractivity (Wildman–Crippen MR) is 99.7 cm³/mol. The molecule has 7 heteroatoms. The van der Waals surface area contributed by atoms with Gasteiger partial charge in [-0.25, -0.2) is 0 Å². The summed E-state index contributed by atoms with van der Waals surface area (Å²) in [6.45, 7) is 2.31. The van der Waals surface area contributed by atoms with E-state index >= 15 is 0 Å². The van der Waals surface area contributed by atoms with Crippen molar-refractivity contribution in [1.82, 2.24) is 4.90 Å². The summed E-state index contributed by atoms with van der Waals surface area (Å²) >= 11 is 0. The van der Waals surface area contributed by atoms with Crippen LogP contribution in [0.15, 0.2) is 48.5 Å². The maximum Gasteiger partial charge on any atom is 0.315 e. The van der Waals surface area contributed by atoms with Crippen molar-refractivity contribution in [1.29, 1.82) is 0 Å². The summed E-state index contributed by atoms with van der Waals surface area (Å²) in [5.74, 6) is -0.277. The van der Waals surface area contributed by atoms with Crippen LogP contribution in [0.25, 0.3) is 0 Å². The Hall–Kier alpha value is -2.93. The molecule has 1 aliphatic heterocycles. The Balaban J connectivity index is 1.67. The maximum absolute atomic E-state index is 12.6. The van der Waals surface area contributed by atoms with Crippen LogP contribution < -0.4 is 9.47 Å². The summed E-state index contributed by atoms with van der Waals surface area (Å²) in [7, 11) is 1.43. The number of likely N-dealkylation sites (tertiary alicyclic amines) is 1. The molecule has 2 aromatic rings. The van der Waals surface area contributed by atoms with E-state index in [9.17, 15) is 14.9 Å². The first kappa shape index (κ1) is 18.8. The number of carbonyl (C=O) groups excluding carboxylic acids is 1. The number of hydrogen-bond acceptors (Lipinski definition) is 6. The SMILES string of the molecule is COc1ccc([N+](=O)[O-])cc1OC(=O)C1CCCN(Cc2ccccc2)C1. The van der Waals surface area contributed by atoms with E-state index in [4.69, 9.17) is 9.47 Å². The number of piperidine rings is 1. The lowest BCUT2D eigenvalue weighted by molar-refractivity contribution is -0.384. The number of hydrogen-bond donors (Lipinski definition) is 0. The van der Waals surface area contributed by atoms with Gasteiger partial charge in [-0.2, -0.15) is 0 Å². The van der Waals surface area contributed by atoms with E-state index < -0.39 is 4.92 Å². The van der Waals surface area contributed by atoms with Crippen LogP contribution in [0.4, 0.5) is 5.69 Å². The van der Waals surface area contributed by atoms with Crippen LogP contribution >= 0.6 is 0 Å². The molecule has 1 heterocycles. The summed E-state index contributed by atoms with van der Waals surface area (Å²) < 4.78 is 10.6. The van der Waals surface area contributed by atoms with Gasteiger partial charge in [0.15, 0.2) is 11.5 Å². The first-order valence-electron chi connectivity index (χ1n) is 8.87. The Morgan fingerprint density at radius 1 is 1.22 bits per heavy atom. The molecule has 0 bridgehead atoms. The van der Waals surface area contributed by atoms with Gasteiger partial charge in [-0.05, 0) is 31.0 Å². The lowest BCUT2D eigenvalue weighted by Gasteiger charge is -2.31. The van der Waals surface area contributed by atoms with Crippen LogP contribution in [0.2, 0.25) is 0 Å². The molecule has 2 aromatic carbocycles. The summed E-state index contributed by atoms with van der Waals surface area (Å²) in [5, 5.41) is 11.0. The highest BCUT2D eigenvalue weighted by atomic mass is 16.6. The number of esters is 1. The number of nitro benzene ring substituents is 1. The van der Waals surface area contributed by atoms with Crippen LogP contribution in [-0.2, 0) is 11.3 Å². The van der Waals surface area contributed by atoms with E-state index in [0.29, 0.717) is 12.3 Å². The lowest BCUT2D eigenvalue weighted by atomic mass is 9.97. The normalized spacial score (nSPS) is 17.3. The first-order valence-corrected chi connectivity index (χ1v) is 8.87. The van der Waals surface area contributed by atoms with Crippen molar-refractivity contribution in [2.45, 2.75) is 19.4 Å². The number of nitrogens with zero attached hydrogens (tertiary/aromatic N) is 2. The molecule has 27 heavy (non-hydrogen) atoms. The molecule has 0 aromatic heterocycles. The van der Waals surface area contributed by atoms with Crippen LogP contribution in [-0.4, -0.2) is 36.0 Å². The highest BCUT2D eigenvalue weighted by molar-refractivity contribution is 5.76. The van der Waals surface area contributed by atoms with Crippen molar-refractivity contribution in [3.8, 4) is 11.5 Å². The fraction of sp³-hybridized carbons (Fsp3) is 0.350. The number of benzene rings is 2. The van der Waals surface area contributed by atoms with Crippen molar-refractivity contribution >= 4 is 11.7 Å². The van der Waals surface area contributed by atoms with Gasteiger partial charge >= 0.3 is 5.97 Å². The van der Waals surface area contributed by atoms with Gasteiger partial charge in [-0.1, -0.05) is 30.3 Å². The zero-order valence-corrected chi connectivity index (χ0v) is 15.2. The Morgan fingerprint density at radius 2 is 2.00 bits per heavy atom. The first-order chi connectivity index (χ1) is 13.1.